The van der Waals surface area contributed by atoms with E-state index in [-0.39, 0.29) is 0 Å². The first-order chi connectivity index (χ1) is 7.76. The standard InChI is InChI=1S/C11H19N3S2/c1-9(15-3)7-13-11(12-2)14-8-10-5-4-6-16-10/h4-6,9H,7-8H2,1-3H3,(H2,12,13,14). The predicted octanol–water partition coefficient (Wildman–Crippen LogP) is 2.16. The van der Waals surface area contributed by atoms with Gasteiger partial charge in [-0.05, 0) is 17.7 Å². The zero-order chi connectivity index (χ0) is 11.8. The fourth-order valence-electron chi connectivity index (χ4n) is 1.13. The molecule has 0 amide bonds. The molecule has 1 aromatic heterocycles. The van der Waals surface area contributed by atoms with Crippen LogP contribution >= 0.6 is 23.1 Å². The highest BCUT2D eigenvalue weighted by molar-refractivity contribution is 7.99. The summed E-state index contributed by atoms with van der Waals surface area (Å²) in [6.07, 6.45) is 2.12. The van der Waals surface area contributed by atoms with Gasteiger partial charge in [0.1, 0.15) is 0 Å². The van der Waals surface area contributed by atoms with Gasteiger partial charge in [-0.1, -0.05) is 13.0 Å². The summed E-state index contributed by atoms with van der Waals surface area (Å²) in [5.74, 6) is 0.870. The monoisotopic (exact) mass is 257 g/mol. The Balaban J connectivity index is 2.27. The number of hydrogen-bond donors (Lipinski definition) is 2. The number of nitrogens with zero attached hydrogens (tertiary/aromatic N) is 1. The lowest BCUT2D eigenvalue weighted by atomic mass is 10.4. The normalized spacial score (nSPS) is 13.6. The molecule has 0 aliphatic heterocycles. The average Bonchev–Trinajstić information content (AvgIpc) is 2.81. The van der Waals surface area contributed by atoms with E-state index < -0.39 is 0 Å². The van der Waals surface area contributed by atoms with Gasteiger partial charge >= 0.3 is 0 Å². The summed E-state index contributed by atoms with van der Waals surface area (Å²) >= 11 is 3.60. The van der Waals surface area contributed by atoms with Gasteiger partial charge in [0.15, 0.2) is 5.96 Å². The Morgan fingerprint density at radius 1 is 1.56 bits per heavy atom. The minimum Gasteiger partial charge on any atom is -0.355 e. The van der Waals surface area contributed by atoms with Gasteiger partial charge in [-0.2, -0.15) is 11.8 Å². The van der Waals surface area contributed by atoms with Crippen LogP contribution in [0.15, 0.2) is 22.5 Å². The van der Waals surface area contributed by atoms with Crippen molar-refractivity contribution >= 4 is 29.1 Å². The third-order valence-electron chi connectivity index (χ3n) is 2.19. The summed E-state index contributed by atoms with van der Waals surface area (Å²) in [4.78, 5) is 5.50. The lowest BCUT2D eigenvalue weighted by molar-refractivity contribution is 0.795. The number of rotatable bonds is 5. The lowest BCUT2D eigenvalue weighted by Gasteiger charge is -2.14. The van der Waals surface area contributed by atoms with E-state index >= 15 is 0 Å². The van der Waals surface area contributed by atoms with Crippen LogP contribution in [-0.4, -0.2) is 31.1 Å². The quantitative estimate of drug-likeness (QED) is 0.627. The zero-order valence-electron chi connectivity index (χ0n) is 9.99. The molecule has 0 aliphatic rings. The van der Waals surface area contributed by atoms with Crippen LogP contribution < -0.4 is 10.6 Å². The second-order valence-electron chi connectivity index (χ2n) is 3.43. The van der Waals surface area contributed by atoms with Gasteiger partial charge in [-0.3, -0.25) is 4.99 Å². The maximum absolute atomic E-state index is 4.18. The first-order valence-electron chi connectivity index (χ1n) is 5.26. The molecular weight excluding hydrogens is 238 g/mol. The molecule has 0 saturated heterocycles. The van der Waals surface area contributed by atoms with Gasteiger partial charge in [0, 0.05) is 23.7 Å². The summed E-state index contributed by atoms with van der Waals surface area (Å²) in [6.45, 7) is 3.97. The Kier molecular flexibility index (Phi) is 6.33. The molecule has 0 bridgehead atoms. The molecule has 0 spiro atoms. The third kappa shape index (κ3) is 4.90. The van der Waals surface area contributed by atoms with Crippen LogP contribution in [0.5, 0.6) is 0 Å². The van der Waals surface area contributed by atoms with Gasteiger partial charge in [0.25, 0.3) is 0 Å². The van der Waals surface area contributed by atoms with Crippen molar-refractivity contribution in [3.63, 3.8) is 0 Å². The Morgan fingerprint density at radius 2 is 2.38 bits per heavy atom. The highest BCUT2D eigenvalue weighted by Gasteiger charge is 2.02. The number of guanidine groups is 1. The summed E-state index contributed by atoms with van der Waals surface area (Å²) in [5.41, 5.74) is 0. The Morgan fingerprint density at radius 3 is 2.94 bits per heavy atom. The van der Waals surface area contributed by atoms with E-state index in [1.807, 2.05) is 11.8 Å². The number of thioether (sulfide) groups is 1. The minimum atomic E-state index is 0.597. The maximum Gasteiger partial charge on any atom is 0.191 e. The first kappa shape index (κ1) is 13.4. The van der Waals surface area contributed by atoms with Gasteiger partial charge in [-0.25, -0.2) is 0 Å². The highest BCUT2D eigenvalue weighted by Crippen LogP contribution is 2.07. The summed E-state index contributed by atoms with van der Waals surface area (Å²) in [5, 5.41) is 9.28. The number of thiophene rings is 1. The van der Waals surface area contributed by atoms with Crippen LogP contribution in [0.1, 0.15) is 11.8 Å². The second-order valence-corrected chi connectivity index (χ2v) is 5.74. The number of aliphatic imine (C=N–C) groups is 1. The second kappa shape index (κ2) is 7.57. The van der Waals surface area contributed by atoms with Gasteiger partial charge in [0.05, 0.1) is 6.54 Å². The van der Waals surface area contributed by atoms with Crippen LogP contribution in [0.2, 0.25) is 0 Å². The van der Waals surface area contributed by atoms with Crippen molar-refractivity contribution in [3.8, 4) is 0 Å². The smallest absolute Gasteiger partial charge is 0.191 e. The number of hydrogen-bond acceptors (Lipinski definition) is 3. The van der Waals surface area contributed by atoms with Crippen molar-refractivity contribution in [1.29, 1.82) is 0 Å². The average molecular weight is 257 g/mol. The fraction of sp³-hybridized carbons (Fsp3) is 0.545. The zero-order valence-corrected chi connectivity index (χ0v) is 11.6. The van der Waals surface area contributed by atoms with E-state index in [9.17, 15) is 0 Å². The molecule has 3 nitrogen and oxygen atoms in total. The molecule has 0 aromatic carbocycles. The molecule has 16 heavy (non-hydrogen) atoms. The van der Waals surface area contributed by atoms with Crippen molar-refractivity contribution in [2.24, 2.45) is 4.99 Å². The van der Waals surface area contributed by atoms with Crippen molar-refractivity contribution in [2.75, 3.05) is 19.8 Å². The van der Waals surface area contributed by atoms with E-state index in [4.69, 9.17) is 0 Å². The van der Waals surface area contributed by atoms with Gasteiger partial charge < -0.3 is 10.6 Å². The van der Waals surface area contributed by atoms with Crippen molar-refractivity contribution in [3.05, 3.63) is 22.4 Å². The maximum atomic E-state index is 4.18. The highest BCUT2D eigenvalue weighted by atomic mass is 32.2. The third-order valence-corrected chi connectivity index (χ3v) is 4.04. The van der Waals surface area contributed by atoms with Crippen molar-refractivity contribution < 1.29 is 0 Å². The Bertz CT molecular complexity index is 309. The molecule has 0 saturated carbocycles. The summed E-state index contributed by atoms with van der Waals surface area (Å²) in [6, 6.07) is 4.18. The molecule has 1 unspecified atom stereocenters. The lowest BCUT2D eigenvalue weighted by Crippen LogP contribution is -2.39. The molecule has 2 N–H and O–H groups in total. The summed E-state index contributed by atoms with van der Waals surface area (Å²) in [7, 11) is 1.80. The predicted molar refractivity (Wildman–Crippen MR) is 75.5 cm³/mol. The largest absolute Gasteiger partial charge is 0.355 e. The minimum absolute atomic E-state index is 0.597. The van der Waals surface area contributed by atoms with E-state index in [0.29, 0.717) is 5.25 Å². The molecule has 0 radical (unpaired) electrons. The summed E-state index contributed by atoms with van der Waals surface area (Å²) < 4.78 is 0. The van der Waals surface area contributed by atoms with Crippen LogP contribution in [0.25, 0.3) is 0 Å². The molecule has 0 aliphatic carbocycles. The topological polar surface area (TPSA) is 36.4 Å². The van der Waals surface area contributed by atoms with E-state index in [1.165, 1.54) is 4.88 Å². The molecule has 1 aromatic rings. The molecule has 90 valence electrons. The molecular formula is C11H19N3S2. The van der Waals surface area contributed by atoms with Crippen LogP contribution in [0.3, 0.4) is 0 Å². The van der Waals surface area contributed by atoms with Gasteiger partial charge in [0.2, 0.25) is 0 Å². The van der Waals surface area contributed by atoms with E-state index in [0.717, 1.165) is 19.0 Å². The number of nitrogens with one attached hydrogen (secondary N) is 2. The molecule has 5 heteroatoms. The first-order valence-corrected chi connectivity index (χ1v) is 7.42. The van der Waals surface area contributed by atoms with Gasteiger partial charge in [-0.15, -0.1) is 11.3 Å². The molecule has 1 atom stereocenters. The van der Waals surface area contributed by atoms with Crippen LogP contribution in [0, 0.1) is 0 Å². The van der Waals surface area contributed by atoms with Crippen molar-refractivity contribution in [1.82, 2.24) is 10.6 Å². The Labute approximate surface area is 106 Å². The van der Waals surface area contributed by atoms with E-state index in [2.05, 4.69) is 46.3 Å². The fourth-order valence-corrected chi connectivity index (χ4v) is 2.02. The van der Waals surface area contributed by atoms with Crippen LogP contribution in [0.4, 0.5) is 0 Å². The molecule has 1 heterocycles. The van der Waals surface area contributed by atoms with Crippen LogP contribution in [-0.2, 0) is 6.54 Å². The molecule has 0 fully saturated rings. The Hall–Kier alpha value is -0.680. The molecule has 1 rings (SSSR count). The van der Waals surface area contributed by atoms with E-state index in [1.54, 1.807) is 18.4 Å². The SMILES string of the molecule is CN=C(NCc1cccs1)NCC(C)SC. The van der Waals surface area contributed by atoms with Crippen molar-refractivity contribution in [2.45, 2.75) is 18.7 Å².